The van der Waals surface area contributed by atoms with Crippen LogP contribution in [0.1, 0.15) is 11.5 Å². The molecule has 1 aliphatic rings. The van der Waals surface area contributed by atoms with Crippen LogP contribution in [0.3, 0.4) is 0 Å². The van der Waals surface area contributed by atoms with E-state index in [-0.39, 0.29) is 19.0 Å². The summed E-state index contributed by atoms with van der Waals surface area (Å²) in [6.45, 7) is 4.91. The van der Waals surface area contributed by atoms with Crippen molar-refractivity contribution in [3.8, 4) is 11.3 Å². The second-order valence-corrected chi connectivity index (χ2v) is 9.52. The van der Waals surface area contributed by atoms with Crippen molar-refractivity contribution >= 4 is 34.8 Å². The largest absolute Gasteiger partial charge is 0.459 e. The van der Waals surface area contributed by atoms with Gasteiger partial charge in [-0.2, -0.15) is 0 Å². The maximum absolute atomic E-state index is 12.4. The van der Waals surface area contributed by atoms with E-state index in [9.17, 15) is 4.79 Å². The Labute approximate surface area is 219 Å². The molecule has 36 heavy (non-hydrogen) atoms. The predicted octanol–water partition coefficient (Wildman–Crippen LogP) is 4.48. The highest BCUT2D eigenvalue weighted by atomic mass is 35.5. The first-order valence-corrected chi connectivity index (χ1v) is 12.5. The lowest BCUT2D eigenvalue weighted by molar-refractivity contribution is -0.122. The van der Waals surface area contributed by atoms with Crippen LogP contribution in [0.4, 0.5) is 5.69 Å². The highest BCUT2D eigenvalue weighted by molar-refractivity contribution is 6.36. The lowest BCUT2D eigenvalue weighted by Crippen LogP contribution is -2.46. The second-order valence-electron chi connectivity index (χ2n) is 8.67. The number of hydrogen-bond donors (Lipinski definition) is 1. The third-order valence-electron chi connectivity index (χ3n) is 6.09. The van der Waals surface area contributed by atoms with Gasteiger partial charge < -0.3 is 14.6 Å². The van der Waals surface area contributed by atoms with Crippen molar-refractivity contribution < 1.29 is 9.21 Å². The Morgan fingerprint density at radius 2 is 1.81 bits per heavy atom. The van der Waals surface area contributed by atoms with Crippen LogP contribution in [-0.4, -0.2) is 52.0 Å². The number of hydrogen-bond acceptors (Lipinski definition) is 6. The van der Waals surface area contributed by atoms with Gasteiger partial charge in [-0.1, -0.05) is 46.6 Å². The van der Waals surface area contributed by atoms with Crippen molar-refractivity contribution in [3.63, 3.8) is 0 Å². The Balaban J connectivity index is 1.07. The van der Waals surface area contributed by atoms with E-state index >= 15 is 0 Å². The van der Waals surface area contributed by atoms with E-state index in [4.69, 9.17) is 27.6 Å². The number of para-hydroxylation sites is 1. The molecule has 0 aliphatic carbocycles. The van der Waals surface area contributed by atoms with Crippen LogP contribution in [0.15, 0.2) is 71.3 Å². The summed E-state index contributed by atoms with van der Waals surface area (Å²) in [7, 11) is 0. The van der Waals surface area contributed by atoms with Crippen LogP contribution in [0.2, 0.25) is 10.0 Å². The van der Waals surface area contributed by atoms with Gasteiger partial charge in [-0.3, -0.25) is 9.69 Å². The maximum Gasteiger partial charge on any atom is 0.242 e. The molecule has 2 aromatic heterocycles. The number of benzene rings is 2. The summed E-state index contributed by atoms with van der Waals surface area (Å²) < 4.78 is 7.39. The minimum absolute atomic E-state index is 0.0887. The number of rotatable bonds is 8. The Morgan fingerprint density at radius 3 is 2.58 bits per heavy atom. The van der Waals surface area contributed by atoms with E-state index in [2.05, 4.69) is 49.7 Å². The van der Waals surface area contributed by atoms with Crippen molar-refractivity contribution in [1.82, 2.24) is 25.2 Å². The Kier molecular flexibility index (Phi) is 7.55. The summed E-state index contributed by atoms with van der Waals surface area (Å²) in [6, 6.07) is 19.3. The number of nitrogens with one attached hydrogen (secondary N) is 1. The third-order valence-corrected chi connectivity index (χ3v) is 6.64. The molecule has 8 nitrogen and oxygen atoms in total. The number of nitrogens with zero attached hydrogens (tertiary/aromatic N) is 5. The molecule has 0 saturated carbocycles. The van der Waals surface area contributed by atoms with Gasteiger partial charge in [-0.15, -0.1) is 5.10 Å². The zero-order valence-corrected chi connectivity index (χ0v) is 21.1. The molecule has 0 unspecified atom stereocenters. The number of carbonyl (C=O) groups excluding carboxylic acids is 1. The van der Waals surface area contributed by atoms with E-state index in [0.717, 1.165) is 37.4 Å². The summed E-state index contributed by atoms with van der Waals surface area (Å²) in [5.74, 6) is 1.06. The summed E-state index contributed by atoms with van der Waals surface area (Å²) in [5.41, 5.74) is 2.86. The Morgan fingerprint density at radius 1 is 1.00 bits per heavy atom. The van der Waals surface area contributed by atoms with Crippen molar-refractivity contribution in [2.75, 3.05) is 31.1 Å². The van der Waals surface area contributed by atoms with Crippen molar-refractivity contribution in [2.24, 2.45) is 0 Å². The molecular formula is C26H26Cl2N6O2. The summed E-state index contributed by atoms with van der Waals surface area (Å²) in [6.07, 6.45) is 1.83. The molecule has 186 valence electrons. The second kappa shape index (κ2) is 11.2. The van der Waals surface area contributed by atoms with E-state index in [1.165, 1.54) is 5.69 Å². The summed E-state index contributed by atoms with van der Waals surface area (Å²) in [4.78, 5) is 17.2. The molecule has 1 aliphatic heterocycles. The lowest BCUT2D eigenvalue weighted by atomic mass is 10.2. The number of piperazine rings is 1. The molecule has 2 aromatic carbocycles. The fourth-order valence-corrected chi connectivity index (χ4v) is 4.72. The quantitative estimate of drug-likeness (QED) is 0.366. The molecule has 1 N–H and O–H groups in total. The van der Waals surface area contributed by atoms with Gasteiger partial charge in [0.05, 0.1) is 23.5 Å². The average Bonchev–Trinajstić information content (AvgIpc) is 3.53. The molecule has 4 aromatic rings. The summed E-state index contributed by atoms with van der Waals surface area (Å²) in [5, 5.41) is 12.3. The fourth-order valence-electron chi connectivity index (χ4n) is 4.22. The van der Waals surface area contributed by atoms with Gasteiger partial charge in [0.15, 0.2) is 0 Å². The van der Waals surface area contributed by atoms with Gasteiger partial charge in [-0.25, -0.2) is 4.68 Å². The highest BCUT2D eigenvalue weighted by Crippen LogP contribution is 2.31. The van der Waals surface area contributed by atoms with Crippen LogP contribution in [0.5, 0.6) is 0 Å². The first-order chi connectivity index (χ1) is 17.5. The van der Waals surface area contributed by atoms with E-state index in [1.54, 1.807) is 22.9 Å². The number of halogens is 2. The molecule has 0 bridgehead atoms. The zero-order valence-electron chi connectivity index (χ0n) is 19.6. The molecule has 10 heteroatoms. The molecule has 0 radical (unpaired) electrons. The van der Waals surface area contributed by atoms with Crippen LogP contribution < -0.4 is 10.2 Å². The minimum atomic E-state index is -0.176. The topological polar surface area (TPSA) is 79.4 Å². The number of amides is 1. The number of carbonyl (C=O) groups is 1. The molecule has 1 saturated heterocycles. The first-order valence-electron chi connectivity index (χ1n) is 11.8. The average molecular weight is 525 g/mol. The molecule has 5 rings (SSSR count). The molecule has 0 atom stereocenters. The summed E-state index contributed by atoms with van der Waals surface area (Å²) >= 11 is 12.2. The number of aromatic nitrogens is 3. The highest BCUT2D eigenvalue weighted by Gasteiger charge is 2.18. The van der Waals surface area contributed by atoms with Crippen LogP contribution >= 0.6 is 23.2 Å². The molecule has 1 amide bonds. The minimum Gasteiger partial charge on any atom is -0.459 e. The van der Waals surface area contributed by atoms with Crippen molar-refractivity contribution in [3.05, 3.63) is 88.4 Å². The Hall–Kier alpha value is -3.33. The molecule has 0 spiro atoms. The zero-order chi connectivity index (χ0) is 24.9. The van der Waals surface area contributed by atoms with E-state index in [0.29, 0.717) is 28.1 Å². The Bertz CT molecular complexity index is 1310. The standard InChI is InChI=1S/C26H26Cl2N6O2/c27-19-6-8-23(24(28)14-19)25-9-7-22(36-25)15-29-26(35)18-34-17-20(30-31-34)16-32-10-12-33(13-11-32)21-4-2-1-3-5-21/h1-9,14,17H,10-13,15-16,18H2,(H,29,35). The van der Waals surface area contributed by atoms with Gasteiger partial charge in [0.1, 0.15) is 18.1 Å². The number of furan rings is 1. The number of anilines is 1. The molecular weight excluding hydrogens is 499 g/mol. The SMILES string of the molecule is O=C(Cn1cc(CN2CCN(c3ccccc3)CC2)nn1)NCc1ccc(-c2ccc(Cl)cc2Cl)o1. The molecule has 1 fully saturated rings. The van der Waals surface area contributed by atoms with Crippen LogP contribution in [-0.2, 0) is 24.4 Å². The van der Waals surface area contributed by atoms with Crippen molar-refractivity contribution in [2.45, 2.75) is 19.6 Å². The van der Waals surface area contributed by atoms with E-state index in [1.807, 2.05) is 24.4 Å². The van der Waals surface area contributed by atoms with Crippen LogP contribution in [0, 0.1) is 0 Å². The van der Waals surface area contributed by atoms with Gasteiger partial charge in [0.2, 0.25) is 5.91 Å². The van der Waals surface area contributed by atoms with Gasteiger partial charge in [0.25, 0.3) is 0 Å². The normalized spacial score (nSPS) is 14.2. The van der Waals surface area contributed by atoms with Gasteiger partial charge >= 0.3 is 0 Å². The smallest absolute Gasteiger partial charge is 0.242 e. The monoisotopic (exact) mass is 524 g/mol. The first kappa shape index (κ1) is 24.4. The third kappa shape index (κ3) is 6.07. The van der Waals surface area contributed by atoms with Gasteiger partial charge in [-0.05, 0) is 42.5 Å². The predicted molar refractivity (Wildman–Crippen MR) is 140 cm³/mol. The fraction of sp³-hybridized carbons (Fsp3) is 0.269. The molecule has 3 heterocycles. The maximum atomic E-state index is 12.4. The van der Waals surface area contributed by atoms with Gasteiger partial charge in [0, 0.05) is 49.0 Å². The van der Waals surface area contributed by atoms with E-state index < -0.39 is 0 Å². The lowest BCUT2D eigenvalue weighted by Gasteiger charge is -2.35. The van der Waals surface area contributed by atoms with Crippen molar-refractivity contribution in [1.29, 1.82) is 0 Å². The van der Waals surface area contributed by atoms with Crippen LogP contribution in [0.25, 0.3) is 11.3 Å².